The molecule has 0 spiro atoms. The summed E-state index contributed by atoms with van der Waals surface area (Å²) in [6.07, 6.45) is 6.13. The molecule has 0 bridgehead atoms. The number of aliphatic hydroxyl groups excluding tert-OH is 1. The van der Waals surface area contributed by atoms with E-state index in [2.05, 4.69) is 24.1 Å². The minimum atomic E-state index is -0.0476. The van der Waals surface area contributed by atoms with Gasteiger partial charge in [0.2, 0.25) is 0 Å². The Morgan fingerprint density at radius 2 is 2.26 bits per heavy atom. The topological polar surface area (TPSA) is 44.7 Å². The second-order valence-corrected chi connectivity index (χ2v) is 6.25. The van der Waals surface area contributed by atoms with Crippen LogP contribution in [-0.2, 0) is 4.74 Å². The first-order valence-electron chi connectivity index (χ1n) is 7.90. The Balaban J connectivity index is 1.99. The highest BCUT2D eigenvalue weighted by Gasteiger charge is 2.37. The van der Waals surface area contributed by atoms with E-state index in [0.29, 0.717) is 12.1 Å². The first kappa shape index (κ1) is 15.2. The van der Waals surface area contributed by atoms with Gasteiger partial charge in [0.25, 0.3) is 0 Å². The summed E-state index contributed by atoms with van der Waals surface area (Å²) in [5, 5.41) is 13.3. The van der Waals surface area contributed by atoms with Gasteiger partial charge in [0, 0.05) is 31.3 Å². The van der Waals surface area contributed by atoms with E-state index in [0.717, 1.165) is 45.5 Å². The maximum Gasteiger partial charge on any atom is 0.0674 e. The molecule has 1 saturated heterocycles. The van der Waals surface area contributed by atoms with Crippen molar-refractivity contribution in [2.24, 2.45) is 0 Å². The van der Waals surface area contributed by atoms with E-state index in [1.54, 1.807) is 0 Å². The lowest BCUT2D eigenvalue weighted by Crippen LogP contribution is -2.56. The van der Waals surface area contributed by atoms with Crippen LogP contribution in [0.1, 0.15) is 46.0 Å². The molecular formula is C15H30N2O2. The van der Waals surface area contributed by atoms with Crippen LogP contribution in [0.2, 0.25) is 0 Å². The third kappa shape index (κ3) is 3.91. The highest BCUT2D eigenvalue weighted by atomic mass is 16.5. The van der Waals surface area contributed by atoms with Crippen LogP contribution in [0.3, 0.4) is 0 Å². The number of rotatable bonds is 4. The second-order valence-electron chi connectivity index (χ2n) is 6.25. The molecule has 0 aromatic heterocycles. The van der Waals surface area contributed by atoms with Gasteiger partial charge in [-0.15, -0.1) is 0 Å². The third-order valence-corrected chi connectivity index (χ3v) is 4.67. The van der Waals surface area contributed by atoms with E-state index in [4.69, 9.17) is 4.74 Å². The number of hydrogen-bond donors (Lipinski definition) is 2. The fraction of sp³-hybridized carbons (Fsp3) is 1.00. The highest BCUT2D eigenvalue weighted by molar-refractivity contribution is 4.96. The molecule has 3 unspecified atom stereocenters. The van der Waals surface area contributed by atoms with Crippen LogP contribution in [0.4, 0.5) is 0 Å². The van der Waals surface area contributed by atoms with Crippen molar-refractivity contribution in [1.29, 1.82) is 0 Å². The van der Waals surface area contributed by atoms with Crippen molar-refractivity contribution >= 4 is 0 Å². The molecule has 0 amide bonds. The number of hydrogen-bond acceptors (Lipinski definition) is 4. The van der Waals surface area contributed by atoms with Crippen LogP contribution in [0.25, 0.3) is 0 Å². The van der Waals surface area contributed by atoms with Crippen molar-refractivity contribution < 1.29 is 9.84 Å². The molecule has 0 radical (unpaired) electrons. The van der Waals surface area contributed by atoms with Gasteiger partial charge in [0.05, 0.1) is 12.7 Å². The Morgan fingerprint density at radius 3 is 3.00 bits per heavy atom. The summed E-state index contributed by atoms with van der Waals surface area (Å²) < 4.78 is 5.74. The Hall–Kier alpha value is -0.160. The van der Waals surface area contributed by atoms with Gasteiger partial charge in [0.1, 0.15) is 0 Å². The van der Waals surface area contributed by atoms with Gasteiger partial charge in [-0.25, -0.2) is 0 Å². The van der Waals surface area contributed by atoms with E-state index < -0.39 is 0 Å². The van der Waals surface area contributed by atoms with Crippen LogP contribution >= 0.6 is 0 Å². The van der Waals surface area contributed by atoms with Crippen molar-refractivity contribution in [1.82, 2.24) is 10.2 Å². The molecule has 1 aliphatic carbocycles. The van der Waals surface area contributed by atoms with Gasteiger partial charge in [-0.05, 0) is 45.6 Å². The van der Waals surface area contributed by atoms with Crippen molar-refractivity contribution in [3.8, 4) is 0 Å². The Bertz CT molecular complexity index is 271. The molecule has 2 aliphatic rings. The Kier molecular flexibility index (Phi) is 5.63. The quantitative estimate of drug-likeness (QED) is 0.810. The normalized spacial score (nSPS) is 38.1. The molecule has 1 aliphatic heterocycles. The lowest BCUT2D eigenvalue weighted by atomic mass is 9.78. The predicted molar refractivity (Wildman–Crippen MR) is 77.4 cm³/mol. The second kappa shape index (κ2) is 7.02. The fourth-order valence-electron chi connectivity index (χ4n) is 3.74. The molecule has 2 N–H and O–H groups in total. The van der Waals surface area contributed by atoms with Crippen molar-refractivity contribution in [3.05, 3.63) is 0 Å². The molecule has 0 aromatic carbocycles. The summed E-state index contributed by atoms with van der Waals surface area (Å²) in [4.78, 5) is 2.60. The number of nitrogens with one attached hydrogen (secondary N) is 1. The number of nitrogens with zero attached hydrogens (tertiary/aromatic N) is 1. The van der Waals surface area contributed by atoms with Crippen LogP contribution in [-0.4, -0.2) is 60.5 Å². The first-order chi connectivity index (χ1) is 9.19. The van der Waals surface area contributed by atoms with Crippen molar-refractivity contribution in [2.45, 2.75) is 63.6 Å². The summed E-state index contributed by atoms with van der Waals surface area (Å²) in [5.74, 6) is 0. The average molecular weight is 270 g/mol. The van der Waals surface area contributed by atoms with Gasteiger partial charge < -0.3 is 15.2 Å². The fourth-order valence-corrected chi connectivity index (χ4v) is 3.74. The predicted octanol–water partition coefficient (Wildman–Crippen LogP) is 1.38. The molecule has 112 valence electrons. The zero-order valence-corrected chi connectivity index (χ0v) is 12.5. The average Bonchev–Trinajstić information content (AvgIpc) is 2.64. The minimum Gasteiger partial charge on any atom is -0.394 e. The Morgan fingerprint density at radius 1 is 1.42 bits per heavy atom. The highest BCUT2D eigenvalue weighted by Crippen LogP contribution is 2.31. The van der Waals surface area contributed by atoms with E-state index in [-0.39, 0.29) is 12.1 Å². The lowest BCUT2D eigenvalue weighted by Gasteiger charge is -2.44. The molecule has 19 heavy (non-hydrogen) atoms. The number of likely N-dealkylation sites (N-methyl/N-ethyl adjacent to an activating group) is 1. The SMILES string of the molecule is CCNC1(CO)CCCC(N2CCCOC(C)C2)C1. The zero-order chi connectivity index (χ0) is 13.7. The van der Waals surface area contributed by atoms with Gasteiger partial charge in [-0.2, -0.15) is 0 Å². The van der Waals surface area contributed by atoms with Crippen LogP contribution < -0.4 is 5.32 Å². The molecule has 2 fully saturated rings. The molecule has 1 heterocycles. The van der Waals surface area contributed by atoms with E-state index in [1.165, 1.54) is 12.8 Å². The maximum absolute atomic E-state index is 9.79. The van der Waals surface area contributed by atoms with Crippen LogP contribution in [0.5, 0.6) is 0 Å². The van der Waals surface area contributed by atoms with Crippen molar-refractivity contribution in [2.75, 3.05) is 32.8 Å². The summed E-state index contributed by atoms with van der Waals surface area (Å²) in [6.45, 7) is 8.57. The molecule has 4 nitrogen and oxygen atoms in total. The largest absolute Gasteiger partial charge is 0.394 e. The molecule has 2 rings (SSSR count). The smallest absolute Gasteiger partial charge is 0.0674 e. The minimum absolute atomic E-state index is 0.0476. The summed E-state index contributed by atoms with van der Waals surface area (Å²) in [7, 11) is 0. The summed E-state index contributed by atoms with van der Waals surface area (Å²) in [5.41, 5.74) is -0.0476. The Labute approximate surface area is 117 Å². The van der Waals surface area contributed by atoms with E-state index in [1.807, 2.05) is 0 Å². The van der Waals surface area contributed by atoms with Crippen LogP contribution in [0.15, 0.2) is 0 Å². The molecular weight excluding hydrogens is 240 g/mol. The first-order valence-corrected chi connectivity index (χ1v) is 7.90. The van der Waals surface area contributed by atoms with E-state index >= 15 is 0 Å². The van der Waals surface area contributed by atoms with Gasteiger partial charge in [-0.3, -0.25) is 4.90 Å². The third-order valence-electron chi connectivity index (χ3n) is 4.67. The number of aliphatic hydroxyl groups is 1. The molecule has 1 saturated carbocycles. The molecule has 0 aromatic rings. The summed E-state index contributed by atoms with van der Waals surface area (Å²) in [6, 6.07) is 0.601. The standard InChI is InChI=1S/C15H30N2O2/c1-3-16-15(12-18)7-4-6-14(10-15)17-8-5-9-19-13(2)11-17/h13-14,16,18H,3-12H2,1-2H3. The van der Waals surface area contributed by atoms with Gasteiger partial charge >= 0.3 is 0 Å². The maximum atomic E-state index is 9.79. The van der Waals surface area contributed by atoms with Crippen LogP contribution in [0, 0.1) is 0 Å². The van der Waals surface area contributed by atoms with Gasteiger partial charge in [0.15, 0.2) is 0 Å². The summed E-state index contributed by atoms with van der Waals surface area (Å²) >= 11 is 0. The van der Waals surface area contributed by atoms with E-state index in [9.17, 15) is 5.11 Å². The zero-order valence-electron chi connectivity index (χ0n) is 12.5. The van der Waals surface area contributed by atoms with Gasteiger partial charge in [-0.1, -0.05) is 6.92 Å². The lowest BCUT2D eigenvalue weighted by molar-refractivity contribution is 0.0349. The number of ether oxygens (including phenoxy) is 1. The monoisotopic (exact) mass is 270 g/mol. The van der Waals surface area contributed by atoms with Crippen molar-refractivity contribution in [3.63, 3.8) is 0 Å². The molecule has 4 heteroatoms. The molecule has 3 atom stereocenters.